The molecule has 0 fully saturated rings. The van der Waals surface area contributed by atoms with Crippen molar-refractivity contribution in [2.24, 2.45) is 0 Å². The van der Waals surface area contributed by atoms with E-state index in [2.05, 4.69) is 46.5 Å². The fourth-order valence-corrected chi connectivity index (χ4v) is 2.18. The average Bonchev–Trinajstić information content (AvgIpc) is 2.97. The Balaban J connectivity index is 1.72. The monoisotopic (exact) mass is 280 g/mol. The van der Waals surface area contributed by atoms with Crippen molar-refractivity contribution < 1.29 is 9.63 Å². The smallest absolute Gasteiger partial charge is 0.231 e. The van der Waals surface area contributed by atoms with Gasteiger partial charge in [-0.3, -0.25) is 0 Å². The lowest BCUT2D eigenvalue weighted by Gasteiger charge is -2.02. The van der Waals surface area contributed by atoms with Crippen LogP contribution in [0, 0.1) is 0 Å². The Hall–Kier alpha value is -2.46. The van der Waals surface area contributed by atoms with Crippen molar-refractivity contribution in [2.75, 3.05) is 6.61 Å². The maximum absolute atomic E-state index is 8.84. The Morgan fingerprint density at radius 2 is 1.62 bits per heavy atom. The molecule has 0 bridgehead atoms. The molecule has 21 heavy (non-hydrogen) atoms. The van der Waals surface area contributed by atoms with E-state index in [1.54, 1.807) is 0 Å². The van der Waals surface area contributed by atoms with E-state index >= 15 is 0 Å². The minimum absolute atomic E-state index is 0.0325. The van der Waals surface area contributed by atoms with E-state index in [0.717, 1.165) is 5.56 Å². The quantitative estimate of drug-likeness (QED) is 0.780. The molecule has 0 spiro atoms. The van der Waals surface area contributed by atoms with Gasteiger partial charge >= 0.3 is 0 Å². The van der Waals surface area contributed by atoms with Crippen LogP contribution >= 0.6 is 0 Å². The molecular weight excluding hydrogens is 264 g/mol. The lowest BCUT2D eigenvalue weighted by atomic mass is 10.0. The van der Waals surface area contributed by atoms with Crippen molar-refractivity contribution in [1.29, 1.82) is 0 Å². The minimum Gasteiger partial charge on any atom is -0.396 e. The van der Waals surface area contributed by atoms with Gasteiger partial charge in [-0.25, -0.2) is 0 Å². The van der Waals surface area contributed by atoms with E-state index in [-0.39, 0.29) is 6.61 Å². The molecule has 1 N–H and O–H groups in total. The Morgan fingerprint density at radius 1 is 0.905 bits per heavy atom. The van der Waals surface area contributed by atoms with Gasteiger partial charge in [0.05, 0.1) is 13.0 Å². The van der Waals surface area contributed by atoms with Crippen LogP contribution in [-0.4, -0.2) is 21.9 Å². The molecule has 0 unspecified atom stereocenters. The highest BCUT2D eigenvalue weighted by atomic mass is 16.5. The second kappa shape index (κ2) is 6.33. The van der Waals surface area contributed by atoms with E-state index < -0.39 is 0 Å². The van der Waals surface area contributed by atoms with Crippen LogP contribution < -0.4 is 0 Å². The summed E-state index contributed by atoms with van der Waals surface area (Å²) in [7, 11) is 0. The number of hydrogen-bond acceptors (Lipinski definition) is 4. The van der Waals surface area contributed by atoms with Crippen LogP contribution in [0.2, 0.25) is 0 Å². The molecule has 4 heteroatoms. The van der Waals surface area contributed by atoms with Gasteiger partial charge in [-0.15, -0.1) is 0 Å². The summed E-state index contributed by atoms with van der Waals surface area (Å²) in [4.78, 5) is 4.24. The number of benzene rings is 2. The highest BCUT2D eigenvalue weighted by Crippen LogP contribution is 2.20. The maximum atomic E-state index is 8.84. The topological polar surface area (TPSA) is 59.2 Å². The van der Waals surface area contributed by atoms with Gasteiger partial charge in [0, 0.05) is 6.42 Å². The molecule has 1 heterocycles. The standard InChI is InChI=1S/C17H16N2O2/c20-11-10-16-18-17(21-19-16)12-13-6-8-15(9-7-13)14-4-2-1-3-5-14/h1-9,20H,10-12H2. The lowest BCUT2D eigenvalue weighted by Crippen LogP contribution is -1.94. The van der Waals surface area contributed by atoms with E-state index in [4.69, 9.17) is 9.63 Å². The maximum Gasteiger partial charge on any atom is 0.231 e. The molecule has 3 aromatic rings. The molecule has 0 amide bonds. The van der Waals surface area contributed by atoms with Gasteiger partial charge in [-0.2, -0.15) is 4.98 Å². The average molecular weight is 280 g/mol. The Morgan fingerprint density at radius 3 is 2.33 bits per heavy atom. The van der Waals surface area contributed by atoms with E-state index in [1.165, 1.54) is 11.1 Å². The molecule has 0 aliphatic heterocycles. The number of aliphatic hydroxyl groups is 1. The van der Waals surface area contributed by atoms with E-state index in [1.807, 2.05) is 18.2 Å². The Bertz CT molecular complexity index is 690. The van der Waals surface area contributed by atoms with Crippen LogP contribution in [0.5, 0.6) is 0 Å². The summed E-state index contributed by atoms with van der Waals surface area (Å²) in [5.74, 6) is 1.12. The van der Waals surface area contributed by atoms with Gasteiger partial charge in [-0.1, -0.05) is 59.8 Å². The fourth-order valence-electron chi connectivity index (χ4n) is 2.18. The largest absolute Gasteiger partial charge is 0.396 e. The van der Waals surface area contributed by atoms with Crippen LogP contribution in [0.3, 0.4) is 0 Å². The third kappa shape index (κ3) is 3.35. The first-order valence-electron chi connectivity index (χ1n) is 6.92. The molecule has 2 aromatic carbocycles. The molecule has 0 aliphatic carbocycles. The number of aromatic nitrogens is 2. The van der Waals surface area contributed by atoms with Gasteiger partial charge in [-0.05, 0) is 16.7 Å². The summed E-state index contributed by atoms with van der Waals surface area (Å²) < 4.78 is 5.16. The molecular formula is C17H16N2O2. The molecule has 0 saturated carbocycles. The number of nitrogens with zero attached hydrogens (tertiary/aromatic N) is 2. The molecule has 0 atom stereocenters. The minimum atomic E-state index is 0.0325. The molecule has 0 saturated heterocycles. The van der Waals surface area contributed by atoms with Crippen molar-refractivity contribution in [3.8, 4) is 11.1 Å². The van der Waals surface area contributed by atoms with Gasteiger partial charge in [0.1, 0.15) is 0 Å². The lowest BCUT2D eigenvalue weighted by molar-refractivity contribution is 0.293. The fraction of sp³-hybridized carbons (Fsp3) is 0.176. The second-order valence-electron chi connectivity index (χ2n) is 4.82. The normalized spacial score (nSPS) is 10.7. The zero-order valence-corrected chi connectivity index (χ0v) is 11.6. The summed E-state index contributed by atoms with van der Waals surface area (Å²) in [6.07, 6.45) is 1.03. The van der Waals surface area contributed by atoms with Crippen molar-refractivity contribution in [3.05, 3.63) is 71.9 Å². The summed E-state index contributed by atoms with van der Waals surface area (Å²) in [6.45, 7) is 0.0325. The van der Waals surface area contributed by atoms with Crippen LogP contribution in [-0.2, 0) is 12.8 Å². The molecule has 4 nitrogen and oxygen atoms in total. The first-order chi connectivity index (χ1) is 10.3. The van der Waals surface area contributed by atoms with E-state index in [0.29, 0.717) is 24.6 Å². The summed E-state index contributed by atoms with van der Waals surface area (Å²) in [5, 5.41) is 12.7. The van der Waals surface area contributed by atoms with Crippen LogP contribution in [0.15, 0.2) is 59.1 Å². The summed E-state index contributed by atoms with van der Waals surface area (Å²) >= 11 is 0. The third-order valence-corrected chi connectivity index (χ3v) is 3.26. The van der Waals surface area contributed by atoms with Gasteiger partial charge in [0.2, 0.25) is 5.89 Å². The predicted octanol–water partition coefficient (Wildman–Crippen LogP) is 2.86. The van der Waals surface area contributed by atoms with Crippen LogP contribution in [0.25, 0.3) is 11.1 Å². The zero-order chi connectivity index (χ0) is 14.5. The Labute approximate surface area is 123 Å². The van der Waals surface area contributed by atoms with Gasteiger partial charge in [0.25, 0.3) is 0 Å². The van der Waals surface area contributed by atoms with Crippen molar-refractivity contribution in [2.45, 2.75) is 12.8 Å². The van der Waals surface area contributed by atoms with Crippen LogP contribution in [0.4, 0.5) is 0 Å². The molecule has 3 rings (SSSR count). The summed E-state index contributed by atoms with van der Waals surface area (Å²) in [5.41, 5.74) is 3.51. The number of aliphatic hydroxyl groups excluding tert-OH is 1. The van der Waals surface area contributed by atoms with E-state index in [9.17, 15) is 0 Å². The molecule has 1 aromatic heterocycles. The van der Waals surface area contributed by atoms with Crippen LogP contribution in [0.1, 0.15) is 17.3 Å². The predicted molar refractivity (Wildman–Crippen MR) is 79.8 cm³/mol. The molecule has 106 valence electrons. The van der Waals surface area contributed by atoms with Gasteiger partial charge < -0.3 is 9.63 Å². The first kappa shape index (κ1) is 13.5. The van der Waals surface area contributed by atoms with Gasteiger partial charge in [0.15, 0.2) is 5.82 Å². The van der Waals surface area contributed by atoms with Crippen molar-refractivity contribution >= 4 is 0 Å². The molecule has 0 aliphatic rings. The number of rotatable bonds is 5. The SMILES string of the molecule is OCCc1noc(Cc2ccc(-c3ccccc3)cc2)n1. The third-order valence-electron chi connectivity index (χ3n) is 3.26. The highest BCUT2D eigenvalue weighted by Gasteiger charge is 2.07. The molecule has 0 radical (unpaired) electrons. The number of hydrogen-bond donors (Lipinski definition) is 1. The van der Waals surface area contributed by atoms with Crippen molar-refractivity contribution in [1.82, 2.24) is 10.1 Å². The second-order valence-corrected chi connectivity index (χ2v) is 4.82. The highest BCUT2D eigenvalue weighted by molar-refractivity contribution is 5.63. The summed E-state index contributed by atoms with van der Waals surface area (Å²) in [6, 6.07) is 18.6. The zero-order valence-electron chi connectivity index (χ0n) is 11.6. The van der Waals surface area contributed by atoms with Crippen molar-refractivity contribution in [3.63, 3.8) is 0 Å². The first-order valence-corrected chi connectivity index (χ1v) is 6.92. The Kier molecular flexibility index (Phi) is 4.07.